The van der Waals surface area contributed by atoms with Gasteiger partial charge in [0.25, 0.3) is 5.91 Å². The van der Waals surface area contributed by atoms with Crippen LogP contribution in [0.2, 0.25) is 0 Å². The number of amides is 2. The van der Waals surface area contributed by atoms with Crippen LogP contribution in [0.4, 0.5) is 5.69 Å². The number of hydrogen-bond acceptors (Lipinski definition) is 4. The second-order valence-corrected chi connectivity index (χ2v) is 7.39. The third kappa shape index (κ3) is 5.66. The number of nitrogens with zero attached hydrogens (tertiary/aromatic N) is 2. The molecular formula is C21H29N5O2. The molecule has 4 N–H and O–H groups in total. The fourth-order valence-corrected chi connectivity index (χ4v) is 3.77. The van der Waals surface area contributed by atoms with Crippen LogP contribution in [0.3, 0.4) is 0 Å². The molecule has 0 aliphatic heterocycles. The molecule has 3 rings (SSSR count). The topological polar surface area (TPSA) is 102 Å². The second kappa shape index (κ2) is 10.0. The maximum absolute atomic E-state index is 12.7. The third-order valence-corrected chi connectivity index (χ3v) is 5.35. The molecule has 1 aliphatic carbocycles. The summed E-state index contributed by atoms with van der Waals surface area (Å²) in [4.78, 5) is 28.8. The summed E-state index contributed by atoms with van der Waals surface area (Å²) < 4.78 is 1.85. The number of carbonyl (C=O) groups excluding carboxylic acids is 2. The van der Waals surface area contributed by atoms with Crippen molar-refractivity contribution in [3.63, 3.8) is 0 Å². The molecule has 0 spiro atoms. The molecule has 0 saturated heterocycles. The number of benzene rings is 1. The van der Waals surface area contributed by atoms with E-state index in [4.69, 9.17) is 5.73 Å². The van der Waals surface area contributed by atoms with Gasteiger partial charge in [-0.15, -0.1) is 0 Å². The van der Waals surface area contributed by atoms with Gasteiger partial charge in [-0.3, -0.25) is 9.59 Å². The lowest BCUT2D eigenvalue weighted by Crippen LogP contribution is -2.45. The highest BCUT2D eigenvalue weighted by molar-refractivity contribution is 5.97. The molecule has 2 amide bonds. The first-order chi connectivity index (χ1) is 13.7. The highest BCUT2D eigenvalue weighted by Crippen LogP contribution is 2.26. The summed E-state index contributed by atoms with van der Waals surface area (Å²) in [6.07, 6.45) is 11.4. The van der Waals surface area contributed by atoms with Crippen molar-refractivity contribution >= 4 is 17.5 Å². The Hall–Kier alpha value is -2.67. The predicted molar refractivity (Wildman–Crippen MR) is 109 cm³/mol. The molecule has 0 bridgehead atoms. The molecule has 1 aromatic heterocycles. The fraction of sp³-hybridized carbons (Fsp3) is 0.476. The summed E-state index contributed by atoms with van der Waals surface area (Å²) >= 11 is 0. The average Bonchev–Trinajstić information content (AvgIpc) is 3.25. The largest absolute Gasteiger partial charge is 0.348 e. The smallest absolute Gasteiger partial charge is 0.251 e. The van der Waals surface area contributed by atoms with Gasteiger partial charge in [-0.25, -0.2) is 4.98 Å². The quantitative estimate of drug-likeness (QED) is 0.652. The van der Waals surface area contributed by atoms with Crippen molar-refractivity contribution in [3.05, 3.63) is 48.5 Å². The molecule has 1 unspecified atom stereocenters. The van der Waals surface area contributed by atoms with Crippen LogP contribution in [-0.2, 0) is 11.3 Å². The zero-order valence-electron chi connectivity index (χ0n) is 16.1. The van der Waals surface area contributed by atoms with Crippen molar-refractivity contribution in [2.24, 2.45) is 11.7 Å². The molecule has 1 fully saturated rings. The summed E-state index contributed by atoms with van der Waals surface area (Å²) in [7, 11) is 0. The van der Waals surface area contributed by atoms with E-state index in [0.29, 0.717) is 36.7 Å². The van der Waals surface area contributed by atoms with Crippen molar-refractivity contribution in [1.29, 1.82) is 0 Å². The number of aryl methyl sites for hydroxylation is 1. The molecule has 7 nitrogen and oxygen atoms in total. The summed E-state index contributed by atoms with van der Waals surface area (Å²) in [6.45, 7) is 1.01. The van der Waals surface area contributed by atoms with Crippen molar-refractivity contribution in [2.45, 2.75) is 51.1 Å². The minimum absolute atomic E-state index is 0.00114. The molecule has 150 valence electrons. The second-order valence-electron chi connectivity index (χ2n) is 7.39. The Bertz CT molecular complexity index is 769. The lowest BCUT2D eigenvalue weighted by molar-refractivity contribution is -0.116. The van der Waals surface area contributed by atoms with E-state index < -0.39 is 0 Å². The highest BCUT2D eigenvalue weighted by atomic mass is 16.2. The van der Waals surface area contributed by atoms with Crippen LogP contribution in [0.25, 0.3) is 0 Å². The molecule has 1 saturated carbocycles. The van der Waals surface area contributed by atoms with E-state index in [-0.39, 0.29) is 17.9 Å². The summed E-state index contributed by atoms with van der Waals surface area (Å²) in [6, 6.07) is 7.02. The Morgan fingerprint density at radius 3 is 2.79 bits per heavy atom. The lowest BCUT2D eigenvalue weighted by Gasteiger charge is -2.30. The minimum atomic E-state index is -0.143. The van der Waals surface area contributed by atoms with Gasteiger partial charge >= 0.3 is 0 Å². The number of hydrogen-bond donors (Lipinski definition) is 3. The van der Waals surface area contributed by atoms with E-state index in [1.807, 2.05) is 10.8 Å². The summed E-state index contributed by atoms with van der Waals surface area (Å²) in [5.74, 6) is 0.206. The Morgan fingerprint density at radius 2 is 2.07 bits per heavy atom. The van der Waals surface area contributed by atoms with Crippen LogP contribution in [0, 0.1) is 5.92 Å². The SMILES string of the molecule is NCC(NC(=O)c1cccc(NC(=O)CCn2ccnc2)c1)C1CCCCC1. The molecule has 7 heteroatoms. The van der Waals surface area contributed by atoms with Crippen molar-refractivity contribution in [2.75, 3.05) is 11.9 Å². The van der Waals surface area contributed by atoms with E-state index in [1.165, 1.54) is 19.3 Å². The minimum Gasteiger partial charge on any atom is -0.348 e. The van der Waals surface area contributed by atoms with E-state index in [1.54, 1.807) is 36.8 Å². The average molecular weight is 383 g/mol. The van der Waals surface area contributed by atoms with Crippen LogP contribution < -0.4 is 16.4 Å². The number of imidazole rings is 1. The fourth-order valence-electron chi connectivity index (χ4n) is 3.77. The van der Waals surface area contributed by atoms with Crippen molar-refractivity contribution in [1.82, 2.24) is 14.9 Å². The molecule has 2 aromatic rings. The Balaban J connectivity index is 1.55. The molecule has 1 aromatic carbocycles. The maximum Gasteiger partial charge on any atom is 0.251 e. The Kier molecular flexibility index (Phi) is 7.19. The predicted octanol–water partition coefficient (Wildman–Crippen LogP) is 2.55. The number of anilines is 1. The molecule has 0 radical (unpaired) electrons. The number of nitrogens with two attached hydrogens (primary N) is 1. The zero-order chi connectivity index (χ0) is 19.8. The Morgan fingerprint density at radius 1 is 1.25 bits per heavy atom. The molecule has 1 aliphatic rings. The van der Waals surface area contributed by atoms with E-state index in [9.17, 15) is 9.59 Å². The van der Waals surface area contributed by atoms with Gasteiger partial charge in [0, 0.05) is 49.2 Å². The van der Waals surface area contributed by atoms with Gasteiger partial charge < -0.3 is 20.9 Å². The number of nitrogens with one attached hydrogen (secondary N) is 2. The summed E-state index contributed by atoms with van der Waals surface area (Å²) in [5, 5.41) is 5.94. The Labute approximate surface area is 165 Å². The van der Waals surface area contributed by atoms with Crippen molar-refractivity contribution < 1.29 is 9.59 Å². The van der Waals surface area contributed by atoms with Crippen molar-refractivity contribution in [3.8, 4) is 0 Å². The normalized spacial score (nSPS) is 15.8. The standard InChI is InChI=1S/C21H29N5O2/c22-14-19(16-5-2-1-3-6-16)25-21(28)17-7-4-8-18(13-17)24-20(27)9-11-26-12-10-23-15-26/h4,7-8,10,12-13,15-16,19H,1-3,5-6,9,11,14,22H2,(H,24,27)(H,25,28). The van der Waals surface area contributed by atoms with Crippen LogP contribution in [-0.4, -0.2) is 34.0 Å². The van der Waals surface area contributed by atoms with Gasteiger partial charge in [-0.1, -0.05) is 25.3 Å². The monoisotopic (exact) mass is 383 g/mol. The number of carbonyl (C=O) groups is 2. The highest BCUT2D eigenvalue weighted by Gasteiger charge is 2.24. The third-order valence-electron chi connectivity index (χ3n) is 5.35. The zero-order valence-corrected chi connectivity index (χ0v) is 16.1. The van der Waals surface area contributed by atoms with Gasteiger partial charge in [0.2, 0.25) is 5.91 Å². The van der Waals surface area contributed by atoms with E-state index >= 15 is 0 Å². The van der Waals surface area contributed by atoms with Gasteiger partial charge in [0.15, 0.2) is 0 Å². The number of rotatable bonds is 8. The van der Waals surface area contributed by atoms with Crippen LogP contribution in [0.1, 0.15) is 48.9 Å². The van der Waals surface area contributed by atoms with Crippen LogP contribution >= 0.6 is 0 Å². The van der Waals surface area contributed by atoms with E-state index in [2.05, 4.69) is 15.6 Å². The molecule has 28 heavy (non-hydrogen) atoms. The maximum atomic E-state index is 12.7. The molecular weight excluding hydrogens is 354 g/mol. The number of aromatic nitrogens is 2. The van der Waals surface area contributed by atoms with Crippen LogP contribution in [0.15, 0.2) is 43.0 Å². The van der Waals surface area contributed by atoms with Gasteiger partial charge in [0.1, 0.15) is 0 Å². The van der Waals surface area contributed by atoms with Gasteiger partial charge in [-0.05, 0) is 37.0 Å². The van der Waals surface area contributed by atoms with Crippen LogP contribution in [0.5, 0.6) is 0 Å². The molecule has 1 heterocycles. The van der Waals surface area contributed by atoms with Gasteiger partial charge in [0.05, 0.1) is 6.33 Å². The first-order valence-corrected chi connectivity index (χ1v) is 10.0. The summed E-state index contributed by atoms with van der Waals surface area (Å²) in [5.41, 5.74) is 7.07. The molecule has 1 atom stereocenters. The first kappa shape index (κ1) is 20.1. The van der Waals surface area contributed by atoms with Gasteiger partial charge in [-0.2, -0.15) is 0 Å². The first-order valence-electron chi connectivity index (χ1n) is 10.0. The van der Waals surface area contributed by atoms with E-state index in [0.717, 1.165) is 12.8 Å². The lowest BCUT2D eigenvalue weighted by atomic mass is 9.84.